The Labute approximate surface area is 251 Å². The van der Waals surface area contributed by atoms with E-state index >= 15 is 0 Å². The number of anilines is 1. The molecule has 43 heavy (non-hydrogen) atoms. The van der Waals surface area contributed by atoms with E-state index in [4.69, 9.17) is 20.2 Å². The van der Waals surface area contributed by atoms with Crippen LogP contribution in [0.3, 0.4) is 0 Å². The van der Waals surface area contributed by atoms with Gasteiger partial charge >= 0.3 is 0 Å². The Hall–Kier alpha value is -4.10. The van der Waals surface area contributed by atoms with E-state index in [0.29, 0.717) is 6.54 Å². The van der Waals surface area contributed by atoms with Gasteiger partial charge < -0.3 is 30.6 Å². The highest BCUT2D eigenvalue weighted by atomic mass is 17.2. The normalized spacial score (nSPS) is 16.5. The minimum atomic E-state index is -1.20. The van der Waals surface area contributed by atoms with Crippen molar-refractivity contribution in [3.63, 3.8) is 0 Å². The molecule has 3 amide bonds. The number of aromatic nitrogens is 2. The van der Waals surface area contributed by atoms with Gasteiger partial charge in [0.1, 0.15) is 18.7 Å². The zero-order valence-electron chi connectivity index (χ0n) is 24.8. The molecular formula is C31H40N6O6. The first-order chi connectivity index (χ1) is 20.7. The molecule has 1 aromatic heterocycles. The predicted molar refractivity (Wildman–Crippen MR) is 159 cm³/mol. The average molecular weight is 593 g/mol. The molecule has 3 aromatic rings. The molecule has 12 heteroatoms. The van der Waals surface area contributed by atoms with Crippen LogP contribution in [-0.4, -0.2) is 76.7 Å². The van der Waals surface area contributed by atoms with E-state index in [0.717, 1.165) is 24.0 Å². The number of nitrogens with two attached hydrogens (primary N) is 1. The first-order valence-electron chi connectivity index (χ1n) is 14.2. The number of nitrogens with zero attached hydrogens (tertiary/aromatic N) is 3. The predicted octanol–water partition coefficient (Wildman–Crippen LogP) is 2.42. The number of amides is 3. The lowest BCUT2D eigenvalue weighted by Gasteiger charge is -2.29. The van der Waals surface area contributed by atoms with Gasteiger partial charge in [-0.1, -0.05) is 60.7 Å². The SMILES string of the molecule is COOCC1CCCN1C(=O)C(c1ccccc1)n1cnc(NC(=O)[C@H](COCc2ccccc2)NC(=O)C(C)(C)N)c1. The molecule has 0 bridgehead atoms. The molecule has 0 radical (unpaired) electrons. The average Bonchev–Trinajstić information content (AvgIpc) is 3.66. The van der Waals surface area contributed by atoms with Gasteiger partial charge in [0, 0.05) is 12.7 Å². The van der Waals surface area contributed by atoms with Gasteiger partial charge in [-0.3, -0.25) is 14.4 Å². The van der Waals surface area contributed by atoms with Gasteiger partial charge in [-0.2, -0.15) is 0 Å². The van der Waals surface area contributed by atoms with Crippen molar-refractivity contribution in [3.05, 3.63) is 84.3 Å². The fourth-order valence-electron chi connectivity index (χ4n) is 4.83. The number of ether oxygens (including phenoxy) is 1. The highest BCUT2D eigenvalue weighted by Gasteiger charge is 2.35. The van der Waals surface area contributed by atoms with Crippen LogP contribution in [0.4, 0.5) is 5.82 Å². The first-order valence-corrected chi connectivity index (χ1v) is 14.2. The summed E-state index contributed by atoms with van der Waals surface area (Å²) in [6, 6.07) is 17.0. The zero-order valence-corrected chi connectivity index (χ0v) is 24.8. The number of nitrogens with one attached hydrogen (secondary N) is 2. The first kappa shape index (κ1) is 31.8. The van der Waals surface area contributed by atoms with Gasteiger partial charge in [0.25, 0.3) is 11.8 Å². The number of carbonyl (C=O) groups excluding carboxylic acids is 3. The topological polar surface area (TPSA) is 150 Å². The van der Waals surface area contributed by atoms with E-state index in [1.165, 1.54) is 13.4 Å². The van der Waals surface area contributed by atoms with Crippen molar-refractivity contribution in [2.75, 3.05) is 32.2 Å². The fraction of sp³-hybridized carbons (Fsp3) is 0.419. The van der Waals surface area contributed by atoms with Gasteiger partial charge in [0.2, 0.25) is 5.91 Å². The highest BCUT2D eigenvalue weighted by Crippen LogP contribution is 2.27. The molecule has 12 nitrogen and oxygen atoms in total. The molecule has 4 rings (SSSR count). The molecule has 1 aliphatic heterocycles. The van der Waals surface area contributed by atoms with E-state index in [1.807, 2.05) is 60.7 Å². The standard InChI is InChI=1S/C31H40N6O6/c1-31(2,32)30(40)34-25(20-42-18-22-11-6-4-7-12-22)28(38)35-26-17-36(21-33-26)27(23-13-8-5-9-14-23)29(39)37-16-10-15-24(37)19-43-41-3/h4-9,11-14,17,21,24-25,27H,10,15-16,18-20,32H2,1-3H3,(H,34,40)(H,35,38)/t24?,25-,27?/m0/s1. The number of benzene rings is 2. The van der Waals surface area contributed by atoms with E-state index < -0.39 is 29.4 Å². The van der Waals surface area contributed by atoms with E-state index in [-0.39, 0.29) is 37.6 Å². The van der Waals surface area contributed by atoms with Gasteiger partial charge in [0.05, 0.1) is 38.2 Å². The summed E-state index contributed by atoms with van der Waals surface area (Å²) < 4.78 is 7.44. The molecule has 2 heterocycles. The van der Waals surface area contributed by atoms with E-state index in [2.05, 4.69) is 15.6 Å². The summed E-state index contributed by atoms with van der Waals surface area (Å²) in [6.07, 6.45) is 4.77. The lowest BCUT2D eigenvalue weighted by molar-refractivity contribution is -0.278. The maximum absolute atomic E-state index is 13.9. The van der Waals surface area contributed by atoms with Crippen LogP contribution in [0.15, 0.2) is 73.2 Å². The summed E-state index contributed by atoms with van der Waals surface area (Å²) in [5.41, 5.74) is 6.45. The number of rotatable bonds is 14. The smallest absolute Gasteiger partial charge is 0.250 e. The third-order valence-electron chi connectivity index (χ3n) is 7.14. The maximum atomic E-state index is 13.9. The number of likely N-dealkylation sites (tertiary alicyclic amines) is 1. The molecule has 2 unspecified atom stereocenters. The van der Waals surface area contributed by atoms with Gasteiger partial charge in [-0.05, 0) is 37.8 Å². The van der Waals surface area contributed by atoms with Crippen molar-refractivity contribution in [2.24, 2.45) is 5.73 Å². The van der Waals surface area contributed by atoms with Crippen molar-refractivity contribution < 1.29 is 28.9 Å². The zero-order chi connectivity index (χ0) is 30.8. The number of hydrogen-bond donors (Lipinski definition) is 3. The second kappa shape index (κ2) is 14.9. The molecule has 1 aliphatic rings. The van der Waals surface area contributed by atoms with Crippen LogP contribution in [-0.2, 0) is 35.5 Å². The second-order valence-electron chi connectivity index (χ2n) is 11.0. The van der Waals surface area contributed by atoms with E-state index in [1.54, 1.807) is 29.5 Å². The number of carbonyl (C=O) groups is 3. The Balaban J connectivity index is 1.51. The Kier molecular flexibility index (Phi) is 11.0. The number of hydrogen-bond acceptors (Lipinski definition) is 8. The van der Waals surface area contributed by atoms with Crippen LogP contribution in [0, 0.1) is 0 Å². The summed E-state index contributed by atoms with van der Waals surface area (Å²) in [5, 5.41) is 5.43. The molecule has 0 saturated carbocycles. The Morgan fingerprint density at radius 1 is 1.09 bits per heavy atom. The maximum Gasteiger partial charge on any atom is 0.250 e. The summed E-state index contributed by atoms with van der Waals surface area (Å²) in [7, 11) is 1.44. The lowest BCUT2D eigenvalue weighted by Crippen LogP contribution is -2.56. The highest BCUT2D eigenvalue weighted by molar-refractivity contribution is 5.98. The molecule has 230 valence electrons. The number of imidazole rings is 1. The van der Waals surface area contributed by atoms with Crippen LogP contribution in [0.1, 0.15) is 43.9 Å². The molecule has 3 atom stereocenters. The molecular weight excluding hydrogens is 552 g/mol. The Morgan fingerprint density at radius 2 is 1.79 bits per heavy atom. The molecule has 1 fully saturated rings. The van der Waals surface area contributed by atoms with Crippen LogP contribution < -0.4 is 16.4 Å². The summed E-state index contributed by atoms with van der Waals surface area (Å²) >= 11 is 0. The molecule has 0 aliphatic carbocycles. The van der Waals surface area contributed by atoms with Crippen molar-refractivity contribution in [1.82, 2.24) is 19.8 Å². The third kappa shape index (κ3) is 8.71. The lowest BCUT2D eigenvalue weighted by atomic mass is 10.0. The second-order valence-corrected chi connectivity index (χ2v) is 11.0. The Morgan fingerprint density at radius 3 is 2.47 bits per heavy atom. The largest absolute Gasteiger partial charge is 0.374 e. The minimum absolute atomic E-state index is 0.0890. The van der Waals surface area contributed by atoms with Gasteiger partial charge in [-0.15, -0.1) is 0 Å². The van der Waals surface area contributed by atoms with Crippen LogP contribution >= 0.6 is 0 Å². The van der Waals surface area contributed by atoms with Gasteiger partial charge in [0.15, 0.2) is 5.82 Å². The van der Waals surface area contributed by atoms with Crippen LogP contribution in [0.5, 0.6) is 0 Å². The molecule has 1 saturated heterocycles. The van der Waals surface area contributed by atoms with Crippen molar-refractivity contribution in [2.45, 2.75) is 57.0 Å². The van der Waals surface area contributed by atoms with Crippen molar-refractivity contribution >= 4 is 23.5 Å². The summed E-state index contributed by atoms with van der Waals surface area (Å²) in [6.45, 7) is 4.14. The van der Waals surface area contributed by atoms with Crippen LogP contribution in [0.25, 0.3) is 0 Å². The van der Waals surface area contributed by atoms with Gasteiger partial charge in [-0.25, -0.2) is 14.8 Å². The monoisotopic (exact) mass is 592 g/mol. The van der Waals surface area contributed by atoms with Crippen LogP contribution in [0.2, 0.25) is 0 Å². The summed E-state index contributed by atoms with van der Waals surface area (Å²) in [5.74, 6) is -0.939. The Bertz CT molecular complexity index is 1340. The molecule has 2 aromatic carbocycles. The fourth-order valence-corrected chi connectivity index (χ4v) is 4.83. The van der Waals surface area contributed by atoms with E-state index in [9.17, 15) is 14.4 Å². The quantitative estimate of drug-likeness (QED) is 0.191. The van der Waals surface area contributed by atoms with Crippen molar-refractivity contribution in [1.29, 1.82) is 0 Å². The third-order valence-corrected chi connectivity index (χ3v) is 7.14. The summed E-state index contributed by atoms with van der Waals surface area (Å²) in [4.78, 5) is 56.0. The minimum Gasteiger partial charge on any atom is -0.374 e. The molecule has 4 N–H and O–H groups in total. The molecule has 0 spiro atoms. The van der Waals surface area contributed by atoms with Crippen molar-refractivity contribution in [3.8, 4) is 0 Å².